The lowest BCUT2D eigenvalue weighted by Crippen LogP contribution is -1.97. The number of aliphatic hydroxyl groups is 1. The molecule has 1 rings (SSSR count). The number of carbonyl (C=O) groups is 1. The van der Waals surface area contributed by atoms with E-state index in [1.165, 1.54) is 0 Å². The summed E-state index contributed by atoms with van der Waals surface area (Å²) in [5, 5.41) is 10.0. The zero-order valence-electron chi connectivity index (χ0n) is 6.71. The Bertz CT molecular complexity index is 314. The number of hydrogen-bond acceptors (Lipinski definition) is 2. The van der Waals surface area contributed by atoms with Crippen LogP contribution in [0.25, 0.3) is 0 Å². The maximum absolute atomic E-state index is 10.1. The molecule has 1 atom stereocenters. The molecular weight excluding hydrogens is 255 g/mol. The van der Waals surface area contributed by atoms with Crippen molar-refractivity contribution in [3.63, 3.8) is 0 Å². The van der Waals surface area contributed by atoms with E-state index in [2.05, 4.69) is 15.9 Å². The predicted octanol–water partition coefficient (Wildman–Crippen LogP) is 2.72. The van der Waals surface area contributed by atoms with E-state index in [1.54, 1.807) is 18.2 Å². The minimum absolute atomic E-state index is 0.105. The van der Waals surface area contributed by atoms with E-state index in [-0.39, 0.29) is 6.42 Å². The smallest absolute Gasteiger partial charge is 0.122 e. The molecule has 0 aliphatic rings. The highest BCUT2D eigenvalue weighted by molar-refractivity contribution is 9.10. The van der Waals surface area contributed by atoms with Gasteiger partial charge in [0.05, 0.1) is 11.1 Å². The van der Waals surface area contributed by atoms with Crippen molar-refractivity contribution in [3.8, 4) is 0 Å². The Hall–Kier alpha value is -0.380. The molecule has 4 heteroatoms. The van der Waals surface area contributed by atoms with E-state index in [9.17, 15) is 9.90 Å². The fourth-order valence-electron chi connectivity index (χ4n) is 0.947. The predicted molar refractivity (Wildman–Crippen MR) is 54.8 cm³/mol. The van der Waals surface area contributed by atoms with Crippen LogP contribution in [0.4, 0.5) is 0 Å². The normalized spacial score (nSPS) is 12.5. The third-order valence-corrected chi connectivity index (χ3v) is 2.86. The summed E-state index contributed by atoms with van der Waals surface area (Å²) in [6, 6.07) is 5.08. The highest BCUT2D eigenvalue weighted by atomic mass is 79.9. The molecule has 1 unspecified atom stereocenters. The van der Waals surface area contributed by atoms with Crippen molar-refractivity contribution < 1.29 is 9.90 Å². The number of carbonyl (C=O) groups excluding carboxylic acids is 1. The van der Waals surface area contributed by atoms with Crippen molar-refractivity contribution in [1.82, 2.24) is 0 Å². The summed E-state index contributed by atoms with van der Waals surface area (Å²) in [5.41, 5.74) is 0.684. The fraction of sp³-hybridized carbons (Fsp3) is 0.222. The third-order valence-electron chi connectivity index (χ3n) is 1.65. The molecular formula is C9H8BrClO2. The Morgan fingerprint density at radius 1 is 1.62 bits per heavy atom. The van der Waals surface area contributed by atoms with Crippen LogP contribution in [0, 0.1) is 0 Å². The number of aldehydes is 1. The molecule has 0 spiro atoms. The van der Waals surface area contributed by atoms with Crippen LogP contribution < -0.4 is 0 Å². The first-order valence-corrected chi connectivity index (χ1v) is 4.89. The minimum atomic E-state index is -0.744. The highest BCUT2D eigenvalue weighted by Crippen LogP contribution is 2.26. The SMILES string of the molecule is O=CCC(O)c1ccc(Cl)c(Br)c1. The average Bonchev–Trinajstić information content (AvgIpc) is 2.10. The molecule has 0 amide bonds. The lowest BCUT2D eigenvalue weighted by Gasteiger charge is -2.07. The Labute approximate surface area is 89.7 Å². The van der Waals surface area contributed by atoms with Crippen LogP contribution in [0.3, 0.4) is 0 Å². The summed E-state index contributed by atoms with van der Waals surface area (Å²) >= 11 is 9.00. The van der Waals surface area contributed by atoms with Crippen molar-refractivity contribution in [2.24, 2.45) is 0 Å². The van der Waals surface area contributed by atoms with Gasteiger partial charge < -0.3 is 9.90 Å². The molecule has 1 aromatic rings. The molecule has 1 N–H and O–H groups in total. The molecule has 0 saturated carbocycles. The summed E-state index contributed by atoms with van der Waals surface area (Å²) < 4.78 is 0.719. The van der Waals surface area contributed by atoms with E-state index in [1.807, 2.05) is 0 Å². The number of benzene rings is 1. The van der Waals surface area contributed by atoms with Crippen LogP contribution >= 0.6 is 27.5 Å². The molecule has 0 aromatic heterocycles. The summed E-state index contributed by atoms with van der Waals surface area (Å²) in [5.74, 6) is 0. The van der Waals surface area contributed by atoms with Crippen molar-refractivity contribution in [2.75, 3.05) is 0 Å². The Kier molecular flexibility index (Phi) is 3.90. The van der Waals surface area contributed by atoms with Crippen molar-refractivity contribution in [3.05, 3.63) is 33.3 Å². The molecule has 0 fully saturated rings. The maximum atomic E-state index is 10.1. The monoisotopic (exact) mass is 262 g/mol. The van der Waals surface area contributed by atoms with Crippen LogP contribution in [0.15, 0.2) is 22.7 Å². The maximum Gasteiger partial charge on any atom is 0.122 e. The summed E-state index contributed by atoms with van der Waals surface area (Å²) in [4.78, 5) is 10.1. The highest BCUT2D eigenvalue weighted by Gasteiger charge is 2.07. The number of aliphatic hydroxyl groups excluding tert-OH is 1. The van der Waals surface area contributed by atoms with Gasteiger partial charge in [-0.1, -0.05) is 17.7 Å². The third kappa shape index (κ3) is 2.79. The van der Waals surface area contributed by atoms with Crippen LogP contribution in [0.2, 0.25) is 5.02 Å². The number of rotatable bonds is 3. The van der Waals surface area contributed by atoms with Gasteiger partial charge in [0, 0.05) is 10.9 Å². The second-order valence-corrected chi connectivity index (χ2v) is 3.85. The molecule has 2 nitrogen and oxygen atoms in total. The van der Waals surface area contributed by atoms with E-state index in [0.717, 1.165) is 4.47 Å². The lowest BCUT2D eigenvalue weighted by atomic mass is 10.1. The van der Waals surface area contributed by atoms with Gasteiger partial charge in [0.2, 0.25) is 0 Å². The van der Waals surface area contributed by atoms with Gasteiger partial charge in [-0.3, -0.25) is 0 Å². The zero-order chi connectivity index (χ0) is 9.84. The first-order valence-electron chi connectivity index (χ1n) is 3.72. The molecule has 13 heavy (non-hydrogen) atoms. The number of hydrogen-bond donors (Lipinski definition) is 1. The van der Waals surface area contributed by atoms with Gasteiger partial charge in [-0.25, -0.2) is 0 Å². The Balaban J connectivity index is 2.89. The molecule has 0 aliphatic carbocycles. The standard InChI is InChI=1S/C9H8BrClO2/c10-7-5-6(1-2-8(7)11)9(13)3-4-12/h1-2,4-5,9,13H,3H2. The van der Waals surface area contributed by atoms with E-state index in [4.69, 9.17) is 11.6 Å². The number of halogens is 2. The van der Waals surface area contributed by atoms with Crippen LogP contribution in [0.1, 0.15) is 18.1 Å². The molecule has 0 bridgehead atoms. The Morgan fingerprint density at radius 3 is 2.85 bits per heavy atom. The van der Waals surface area contributed by atoms with Gasteiger partial charge in [-0.2, -0.15) is 0 Å². The largest absolute Gasteiger partial charge is 0.388 e. The van der Waals surface area contributed by atoms with Gasteiger partial charge in [-0.15, -0.1) is 0 Å². The van der Waals surface area contributed by atoms with E-state index in [0.29, 0.717) is 16.9 Å². The quantitative estimate of drug-likeness (QED) is 0.852. The summed E-state index contributed by atoms with van der Waals surface area (Å²) in [7, 11) is 0. The molecule has 0 heterocycles. The zero-order valence-corrected chi connectivity index (χ0v) is 9.05. The lowest BCUT2D eigenvalue weighted by molar-refractivity contribution is -0.109. The van der Waals surface area contributed by atoms with Gasteiger partial charge in [0.1, 0.15) is 6.29 Å². The first kappa shape index (κ1) is 10.7. The van der Waals surface area contributed by atoms with Crippen LogP contribution in [0.5, 0.6) is 0 Å². The van der Waals surface area contributed by atoms with Crippen molar-refractivity contribution >= 4 is 33.8 Å². The van der Waals surface area contributed by atoms with Crippen molar-refractivity contribution in [2.45, 2.75) is 12.5 Å². The molecule has 70 valence electrons. The van der Waals surface area contributed by atoms with Gasteiger partial charge in [0.25, 0.3) is 0 Å². The topological polar surface area (TPSA) is 37.3 Å². The van der Waals surface area contributed by atoms with Gasteiger partial charge in [0.15, 0.2) is 0 Å². The average molecular weight is 264 g/mol. The second-order valence-electron chi connectivity index (χ2n) is 2.59. The van der Waals surface area contributed by atoms with Gasteiger partial charge >= 0.3 is 0 Å². The molecule has 0 aliphatic heterocycles. The Morgan fingerprint density at radius 2 is 2.31 bits per heavy atom. The van der Waals surface area contributed by atoms with Crippen LogP contribution in [-0.2, 0) is 4.79 Å². The fourth-order valence-corrected chi connectivity index (χ4v) is 1.46. The second kappa shape index (κ2) is 4.74. The summed E-state index contributed by atoms with van der Waals surface area (Å²) in [6.45, 7) is 0. The van der Waals surface area contributed by atoms with Crippen LogP contribution in [-0.4, -0.2) is 11.4 Å². The molecule has 0 saturated heterocycles. The van der Waals surface area contributed by atoms with E-state index >= 15 is 0 Å². The minimum Gasteiger partial charge on any atom is -0.388 e. The van der Waals surface area contributed by atoms with Crippen molar-refractivity contribution in [1.29, 1.82) is 0 Å². The van der Waals surface area contributed by atoms with E-state index < -0.39 is 6.10 Å². The first-order chi connectivity index (χ1) is 6.15. The molecule has 0 radical (unpaired) electrons. The van der Waals surface area contributed by atoms with Gasteiger partial charge in [-0.05, 0) is 33.6 Å². The summed E-state index contributed by atoms with van der Waals surface area (Å²) in [6.07, 6.45) is 0.0485. The molecule has 1 aromatic carbocycles.